The molecule has 0 aliphatic rings. The summed E-state index contributed by atoms with van der Waals surface area (Å²) in [6, 6.07) is 12.3. The molecule has 0 saturated heterocycles. The van der Waals surface area contributed by atoms with Gasteiger partial charge in [-0.05, 0) is 44.5 Å². The van der Waals surface area contributed by atoms with Crippen LogP contribution in [0, 0.1) is 6.92 Å². The number of carbonyl (C=O) groups is 1. The Bertz CT molecular complexity index is 802. The Balaban J connectivity index is 1.77. The van der Waals surface area contributed by atoms with E-state index in [-0.39, 0.29) is 17.9 Å². The van der Waals surface area contributed by atoms with Gasteiger partial charge in [0.05, 0.1) is 12.0 Å². The van der Waals surface area contributed by atoms with Crippen LogP contribution in [0.25, 0.3) is 10.9 Å². The number of nitrogens with one attached hydrogen (secondary N) is 2. The van der Waals surface area contributed by atoms with Crippen molar-refractivity contribution in [2.45, 2.75) is 32.7 Å². The minimum Gasteiger partial charge on any atom is -0.361 e. The second-order valence-electron chi connectivity index (χ2n) is 5.69. The maximum atomic E-state index is 12.6. The normalized spacial score (nSPS) is 14.0. The molecule has 0 aliphatic carbocycles. The number of aromatic nitrogens is 1. The Morgan fingerprint density at radius 1 is 1.18 bits per heavy atom. The molecule has 2 heterocycles. The van der Waals surface area contributed by atoms with Gasteiger partial charge in [-0.1, -0.05) is 18.2 Å². The van der Waals surface area contributed by atoms with Gasteiger partial charge in [0.15, 0.2) is 0 Å². The number of fused-ring (bicyclic) bond motifs is 1. The van der Waals surface area contributed by atoms with Gasteiger partial charge >= 0.3 is 0 Å². The number of H-pyrrole nitrogens is 1. The lowest BCUT2D eigenvalue weighted by Gasteiger charge is -2.16. The molecule has 0 bridgehead atoms. The summed E-state index contributed by atoms with van der Waals surface area (Å²) in [6.45, 7) is 6.07. The summed E-state index contributed by atoms with van der Waals surface area (Å²) in [5.41, 5.74) is 2.11. The molecule has 0 fully saturated rings. The molecule has 2 N–H and O–H groups in total. The van der Waals surface area contributed by atoms with Crippen LogP contribution in [-0.2, 0) is 4.79 Å². The number of rotatable bonds is 4. The highest BCUT2D eigenvalue weighted by Crippen LogP contribution is 2.27. The van der Waals surface area contributed by atoms with E-state index in [2.05, 4.69) is 35.4 Å². The molecular formula is C18H20N2OS. The fourth-order valence-electron chi connectivity index (χ4n) is 2.69. The van der Waals surface area contributed by atoms with Gasteiger partial charge in [0, 0.05) is 26.9 Å². The van der Waals surface area contributed by atoms with E-state index in [0.29, 0.717) is 0 Å². The molecule has 2 atom stereocenters. The summed E-state index contributed by atoms with van der Waals surface area (Å²) in [6.07, 6.45) is 1.94. The molecule has 0 saturated carbocycles. The van der Waals surface area contributed by atoms with Gasteiger partial charge < -0.3 is 10.3 Å². The average Bonchev–Trinajstić information content (AvgIpc) is 3.12. The van der Waals surface area contributed by atoms with E-state index in [1.165, 1.54) is 9.75 Å². The van der Waals surface area contributed by atoms with Crippen molar-refractivity contribution in [3.05, 3.63) is 57.9 Å². The SMILES string of the molecule is Cc1ccc(C(C)NC(=O)C(C)c2c[nH]c3ccccc23)s1. The smallest absolute Gasteiger partial charge is 0.227 e. The van der Waals surface area contributed by atoms with Crippen LogP contribution < -0.4 is 5.32 Å². The van der Waals surface area contributed by atoms with Gasteiger partial charge in [-0.15, -0.1) is 11.3 Å². The first-order valence-electron chi connectivity index (χ1n) is 7.49. The van der Waals surface area contributed by atoms with Crippen LogP contribution in [0.3, 0.4) is 0 Å². The lowest BCUT2D eigenvalue weighted by molar-refractivity contribution is -0.122. The van der Waals surface area contributed by atoms with Crippen molar-refractivity contribution >= 4 is 28.1 Å². The first-order chi connectivity index (χ1) is 10.6. The van der Waals surface area contributed by atoms with E-state index in [1.807, 2.05) is 38.2 Å². The predicted molar refractivity (Wildman–Crippen MR) is 92.3 cm³/mol. The average molecular weight is 312 g/mol. The number of aromatic amines is 1. The van der Waals surface area contributed by atoms with Gasteiger partial charge in [0.25, 0.3) is 0 Å². The van der Waals surface area contributed by atoms with Crippen LogP contribution in [0.4, 0.5) is 0 Å². The van der Waals surface area contributed by atoms with Gasteiger partial charge in [-0.25, -0.2) is 0 Å². The standard InChI is InChI=1S/C18H20N2OS/c1-11-8-9-17(22-11)13(3)20-18(21)12(2)15-10-19-16-7-5-4-6-14(15)16/h4-10,12-13,19H,1-3H3,(H,20,21). The molecule has 1 amide bonds. The van der Waals surface area contributed by atoms with E-state index in [9.17, 15) is 4.79 Å². The second kappa shape index (κ2) is 5.97. The lowest BCUT2D eigenvalue weighted by Crippen LogP contribution is -2.30. The first kappa shape index (κ1) is 14.9. The maximum Gasteiger partial charge on any atom is 0.227 e. The molecule has 3 rings (SSSR count). The van der Waals surface area contributed by atoms with Gasteiger partial charge in [-0.2, -0.15) is 0 Å². The highest BCUT2D eigenvalue weighted by molar-refractivity contribution is 7.12. The Morgan fingerprint density at radius 3 is 2.68 bits per heavy atom. The fourth-order valence-corrected chi connectivity index (χ4v) is 3.57. The number of carbonyl (C=O) groups excluding carboxylic acids is 1. The van der Waals surface area contributed by atoms with Crippen LogP contribution in [0.5, 0.6) is 0 Å². The number of hydrogen-bond acceptors (Lipinski definition) is 2. The van der Waals surface area contributed by atoms with E-state index in [1.54, 1.807) is 11.3 Å². The lowest BCUT2D eigenvalue weighted by atomic mass is 9.99. The zero-order chi connectivity index (χ0) is 15.7. The summed E-state index contributed by atoms with van der Waals surface area (Å²) in [7, 11) is 0. The molecule has 3 aromatic rings. The summed E-state index contributed by atoms with van der Waals surface area (Å²) >= 11 is 1.73. The predicted octanol–water partition coefficient (Wildman–Crippen LogP) is 4.52. The molecule has 22 heavy (non-hydrogen) atoms. The van der Waals surface area contributed by atoms with Crippen LogP contribution in [0.2, 0.25) is 0 Å². The summed E-state index contributed by atoms with van der Waals surface area (Å²) < 4.78 is 0. The van der Waals surface area contributed by atoms with Crippen molar-refractivity contribution in [3.8, 4) is 0 Å². The van der Waals surface area contributed by atoms with Crippen LogP contribution in [0.15, 0.2) is 42.6 Å². The van der Waals surface area contributed by atoms with E-state index in [0.717, 1.165) is 16.5 Å². The first-order valence-corrected chi connectivity index (χ1v) is 8.30. The number of thiophene rings is 1. The monoisotopic (exact) mass is 312 g/mol. The van der Waals surface area contributed by atoms with Crippen LogP contribution in [0.1, 0.15) is 41.1 Å². The summed E-state index contributed by atoms with van der Waals surface area (Å²) in [5, 5.41) is 4.24. The minimum atomic E-state index is -0.181. The molecule has 3 nitrogen and oxygen atoms in total. The van der Waals surface area contributed by atoms with Gasteiger partial charge in [0.1, 0.15) is 0 Å². The molecule has 0 spiro atoms. The fraction of sp³-hybridized carbons (Fsp3) is 0.278. The number of amides is 1. The number of hydrogen-bond donors (Lipinski definition) is 2. The van der Waals surface area contributed by atoms with Crippen molar-refractivity contribution in [1.82, 2.24) is 10.3 Å². The van der Waals surface area contributed by atoms with Crippen LogP contribution >= 0.6 is 11.3 Å². The molecule has 2 unspecified atom stereocenters. The van der Waals surface area contributed by atoms with Crippen molar-refractivity contribution in [3.63, 3.8) is 0 Å². The third-order valence-electron chi connectivity index (χ3n) is 4.03. The topological polar surface area (TPSA) is 44.9 Å². The largest absolute Gasteiger partial charge is 0.361 e. The van der Waals surface area contributed by atoms with E-state index in [4.69, 9.17) is 0 Å². The Morgan fingerprint density at radius 2 is 1.95 bits per heavy atom. The van der Waals surface area contributed by atoms with Crippen LogP contribution in [-0.4, -0.2) is 10.9 Å². The van der Waals surface area contributed by atoms with Crippen molar-refractivity contribution < 1.29 is 4.79 Å². The van der Waals surface area contributed by atoms with E-state index >= 15 is 0 Å². The molecule has 114 valence electrons. The third kappa shape index (κ3) is 2.79. The van der Waals surface area contributed by atoms with Gasteiger partial charge in [-0.3, -0.25) is 4.79 Å². The number of aryl methyl sites for hydroxylation is 1. The molecular weight excluding hydrogens is 292 g/mol. The molecule has 0 radical (unpaired) electrons. The highest BCUT2D eigenvalue weighted by Gasteiger charge is 2.21. The Hall–Kier alpha value is -2.07. The second-order valence-corrected chi connectivity index (χ2v) is 7.01. The zero-order valence-electron chi connectivity index (χ0n) is 13.0. The Kier molecular flexibility index (Phi) is 4.03. The minimum absolute atomic E-state index is 0.0406. The zero-order valence-corrected chi connectivity index (χ0v) is 13.8. The summed E-state index contributed by atoms with van der Waals surface area (Å²) in [5.74, 6) is -0.122. The van der Waals surface area contributed by atoms with Crippen molar-refractivity contribution in [1.29, 1.82) is 0 Å². The number of para-hydroxylation sites is 1. The molecule has 0 aliphatic heterocycles. The quantitative estimate of drug-likeness (QED) is 0.731. The molecule has 4 heteroatoms. The van der Waals surface area contributed by atoms with Crippen molar-refractivity contribution in [2.75, 3.05) is 0 Å². The van der Waals surface area contributed by atoms with Crippen molar-refractivity contribution in [2.24, 2.45) is 0 Å². The summed E-state index contributed by atoms with van der Waals surface area (Å²) in [4.78, 5) is 18.2. The third-order valence-corrected chi connectivity index (χ3v) is 5.21. The highest BCUT2D eigenvalue weighted by atomic mass is 32.1. The Labute approximate surface area is 134 Å². The van der Waals surface area contributed by atoms with Gasteiger partial charge in [0.2, 0.25) is 5.91 Å². The number of benzene rings is 1. The molecule has 1 aromatic carbocycles. The molecule has 2 aromatic heterocycles. The van der Waals surface area contributed by atoms with E-state index < -0.39 is 0 Å². The maximum absolute atomic E-state index is 12.6.